The third kappa shape index (κ3) is 7.62. The second-order valence-corrected chi connectivity index (χ2v) is 10.1. The fourth-order valence-electron chi connectivity index (χ4n) is 4.40. The predicted molar refractivity (Wildman–Crippen MR) is 128 cm³/mol. The first kappa shape index (κ1) is 25.3. The fraction of sp³-hybridized carbons (Fsp3) is 0.667. The van der Waals surface area contributed by atoms with Crippen LogP contribution in [0.5, 0.6) is 0 Å². The van der Waals surface area contributed by atoms with Gasteiger partial charge in [0, 0.05) is 51.6 Å². The smallest absolute Gasteiger partial charge is 0.225 e. The second kappa shape index (κ2) is 12.2. The molecule has 1 N–H and O–H groups in total. The van der Waals surface area contributed by atoms with Crippen molar-refractivity contribution in [1.29, 1.82) is 0 Å². The Balaban J connectivity index is 1.33. The average Bonchev–Trinajstić information content (AvgIpc) is 2.79. The summed E-state index contributed by atoms with van der Waals surface area (Å²) in [6.45, 7) is 9.09. The summed E-state index contributed by atoms with van der Waals surface area (Å²) < 4.78 is 5.85. The average molecular weight is 484 g/mol. The Labute approximate surface area is 201 Å². The number of carbonyl (C=O) groups excluding carboxylic acids is 2. The van der Waals surface area contributed by atoms with Crippen LogP contribution >= 0.6 is 23.2 Å². The van der Waals surface area contributed by atoms with Gasteiger partial charge in [-0.3, -0.25) is 14.5 Å². The van der Waals surface area contributed by atoms with Crippen molar-refractivity contribution >= 4 is 35.0 Å². The third-order valence-corrected chi connectivity index (χ3v) is 7.08. The molecule has 1 atom stereocenters. The summed E-state index contributed by atoms with van der Waals surface area (Å²) >= 11 is 12.1. The molecule has 32 heavy (non-hydrogen) atoms. The Kier molecular flexibility index (Phi) is 9.65. The second-order valence-electron chi connectivity index (χ2n) is 9.24. The number of amides is 2. The standard InChI is InChI=1S/C24H35Cl2N3O3/c1-17(2)24(31)29-9-7-18(8-10-29)4-6-23(30)27-14-20-16-28(11-12-32-20)15-19-3-5-21(25)22(26)13-19/h3,5,13,17-18,20H,4,6-12,14-16H2,1-2H3,(H,27,30)/t20-/m0/s1. The lowest BCUT2D eigenvalue weighted by Gasteiger charge is -2.33. The van der Waals surface area contributed by atoms with Crippen LogP contribution < -0.4 is 5.32 Å². The van der Waals surface area contributed by atoms with Gasteiger partial charge in [0.2, 0.25) is 11.8 Å². The molecule has 2 saturated heterocycles. The lowest BCUT2D eigenvalue weighted by Crippen LogP contribution is -2.47. The van der Waals surface area contributed by atoms with E-state index in [1.54, 1.807) is 0 Å². The maximum absolute atomic E-state index is 12.4. The molecule has 2 aliphatic rings. The zero-order chi connectivity index (χ0) is 23.1. The quantitative estimate of drug-likeness (QED) is 0.607. The van der Waals surface area contributed by atoms with Crippen molar-refractivity contribution in [2.45, 2.75) is 52.2 Å². The van der Waals surface area contributed by atoms with E-state index >= 15 is 0 Å². The molecule has 0 saturated carbocycles. The summed E-state index contributed by atoms with van der Waals surface area (Å²) in [4.78, 5) is 28.7. The molecule has 0 radical (unpaired) electrons. The van der Waals surface area contributed by atoms with E-state index in [-0.39, 0.29) is 23.8 Å². The molecule has 0 unspecified atom stereocenters. The first-order valence-electron chi connectivity index (χ1n) is 11.6. The number of nitrogens with one attached hydrogen (secondary N) is 1. The van der Waals surface area contributed by atoms with Crippen molar-refractivity contribution < 1.29 is 14.3 Å². The van der Waals surface area contributed by atoms with Gasteiger partial charge < -0.3 is 15.0 Å². The van der Waals surface area contributed by atoms with Gasteiger partial charge in [-0.05, 0) is 42.9 Å². The van der Waals surface area contributed by atoms with Gasteiger partial charge >= 0.3 is 0 Å². The molecule has 1 aromatic rings. The van der Waals surface area contributed by atoms with Crippen molar-refractivity contribution in [2.24, 2.45) is 11.8 Å². The molecular weight excluding hydrogens is 449 g/mol. The minimum Gasteiger partial charge on any atom is -0.374 e. The molecule has 0 spiro atoms. The molecule has 2 heterocycles. The highest BCUT2D eigenvalue weighted by Crippen LogP contribution is 2.24. The first-order chi connectivity index (χ1) is 15.3. The van der Waals surface area contributed by atoms with Crippen LogP contribution in [0.25, 0.3) is 0 Å². The lowest BCUT2D eigenvalue weighted by atomic mass is 9.91. The van der Waals surface area contributed by atoms with Crippen LogP contribution in [0.4, 0.5) is 0 Å². The highest BCUT2D eigenvalue weighted by Gasteiger charge is 2.25. The minimum atomic E-state index is -0.0132. The van der Waals surface area contributed by atoms with Gasteiger partial charge in [-0.2, -0.15) is 0 Å². The number of rotatable bonds is 8. The lowest BCUT2D eigenvalue weighted by molar-refractivity contribution is -0.136. The first-order valence-corrected chi connectivity index (χ1v) is 12.4. The maximum Gasteiger partial charge on any atom is 0.225 e. The molecule has 0 aliphatic carbocycles. The summed E-state index contributed by atoms with van der Waals surface area (Å²) in [6, 6.07) is 5.71. The van der Waals surface area contributed by atoms with Gasteiger partial charge in [0.25, 0.3) is 0 Å². The normalized spacial score (nSPS) is 20.5. The molecule has 1 aromatic carbocycles. The SMILES string of the molecule is CC(C)C(=O)N1CCC(CCC(=O)NC[C@H]2CN(Cc3ccc(Cl)c(Cl)c3)CCO2)CC1. The Morgan fingerprint density at radius 1 is 1.16 bits per heavy atom. The molecule has 0 aromatic heterocycles. The number of halogens is 2. The van der Waals surface area contributed by atoms with Gasteiger partial charge in [0.1, 0.15) is 0 Å². The topological polar surface area (TPSA) is 61.9 Å². The maximum atomic E-state index is 12.4. The number of hydrogen-bond acceptors (Lipinski definition) is 4. The van der Waals surface area contributed by atoms with Crippen LogP contribution in [0.3, 0.4) is 0 Å². The molecule has 0 bridgehead atoms. The van der Waals surface area contributed by atoms with Crippen LogP contribution in [0, 0.1) is 11.8 Å². The monoisotopic (exact) mass is 483 g/mol. The highest BCUT2D eigenvalue weighted by atomic mass is 35.5. The molecule has 178 valence electrons. The van der Waals surface area contributed by atoms with Crippen LogP contribution in [0.2, 0.25) is 10.0 Å². The zero-order valence-electron chi connectivity index (χ0n) is 19.1. The van der Waals surface area contributed by atoms with Crippen molar-refractivity contribution in [3.8, 4) is 0 Å². The minimum absolute atomic E-state index is 0.0132. The van der Waals surface area contributed by atoms with E-state index in [2.05, 4.69) is 10.2 Å². The molecule has 6 nitrogen and oxygen atoms in total. The van der Waals surface area contributed by atoms with Crippen molar-refractivity contribution in [2.75, 3.05) is 39.3 Å². The van der Waals surface area contributed by atoms with Gasteiger partial charge in [0.15, 0.2) is 0 Å². The number of likely N-dealkylation sites (tertiary alicyclic amines) is 1. The Morgan fingerprint density at radius 3 is 2.59 bits per heavy atom. The van der Waals surface area contributed by atoms with Crippen LogP contribution in [0.15, 0.2) is 18.2 Å². The molecule has 2 aliphatic heterocycles. The van der Waals surface area contributed by atoms with E-state index in [1.807, 2.05) is 36.9 Å². The number of nitrogens with zero attached hydrogens (tertiary/aromatic N) is 2. The Hall–Kier alpha value is -1.34. The molecule has 2 fully saturated rings. The summed E-state index contributed by atoms with van der Waals surface area (Å²) in [7, 11) is 0. The zero-order valence-corrected chi connectivity index (χ0v) is 20.6. The van der Waals surface area contributed by atoms with Crippen molar-refractivity contribution in [3.05, 3.63) is 33.8 Å². The third-order valence-electron chi connectivity index (χ3n) is 6.34. The van der Waals surface area contributed by atoms with E-state index in [0.717, 1.165) is 57.5 Å². The molecule has 2 amide bonds. The van der Waals surface area contributed by atoms with Crippen LogP contribution in [0.1, 0.15) is 45.1 Å². The fourth-order valence-corrected chi connectivity index (χ4v) is 4.72. The molecule has 8 heteroatoms. The van der Waals surface area contributed by atoms with Crippen LogP contribution in [-0.2, 0) is 20.9 Å². The van der Waals surface area contributed by atoms with Crippen molar-refractivity contribution in [3.63, 3.8) is 0 Å². The molecular formula is C24H35Cl2N3O3. The largest absolute Gasteiger partial charge is 0.374 e. The summed E-state index contributed by atoms with van der Waals surface area (Å²) in [5, 5.41) is 4.17. The number of ether oxygens (including phenoxy) is 1. The van der Waals surface area contributed by atoms with E-state index in [1.165, 1.54) is 0 Å². The van der Waals surface area contributed by atoms with Gasteiger partial charge in [-0.25, -0.2) is 0 Å². The number of piperidine rings is 1. The number of hydrogen-bond donors (Lipinski definition) is 1. The number of benzene rings is 1. The Bertz CT molecular complexity index is 782. The van der Waals surface area contributed by atoms with Gasteiger partial charge in [-0.1, -0.05) is 43.1 Å². The van der Waals surface area contributed by atoms with Crippen molar-refractivity contribution in [1.82, 2.24) is 15.1 Å². The van der Waals surface area contributed by atoms with E-state index in [4.69, 9.17) is 27.9 Å². The number of carbonyl (C=O) groups is 2. The Morgan fingerprint density at radius 2 is 1.91 bits per heavy atom. The van der Waals surface area contributed by atoms with E-state index in [9.17, 15) is 9.59 Å². The van der Waals surface area contributed by atoms with Gasteiger partial charge in [0.05, 0.1) is 22.8 Å². The summed E-state index contributed by atoms with van der Waals surface area (Å²) in [5.41, 5.74) is 1.12. The van der Waals surface area contributed by atoms with E-state index < -0.39 is 0 Å². The van der Waals surface area contributed by atoms with E-state index in [0.29, 0.717) is 35.5 Å². The van der Waals surface area contributed by atoms with Crippen LogP contribution in [-0.4, -0.2) is 67.0 Å². The predicted octanol–water partition coefficient (Wildman–Crippen LogP) is 3.99. The summed E-state index contributed by atoms with van der Waals surface area (Å²) in [6.07, 6.45) is 3.37. The summed E-state index contributed by atoms with van der Waals surface area (Å²) in [5.74, 6) is 0.890. The number of morpholine rings is 1. The molecule has 3 rings (SSSR count). The highest BCUT2D eigenvalue weighted by molar-refractivity contribution is 6.42. The van der Waals surface area contributed by atoms with Gasteiger partial charge in [-0.15, -0.1) is 0 Å².